The number of carboxylic acid groups (broad SMARTS) is 1. The van der Waals surface area contributed by atoms with Gasteiger partial charge in [0.25, 0.3) is 0 Å². The lowest BCUT2D eigenvalue weighted by atomic mass is 9.82. The Balaban J connectivity index is 1.54. The van der Waals surface area contributed by atoms with Gasteiger partial charge in [0, 0.05) is 36.1 Å². The average molecular weight is 817 g/mol. The number of halogens is 2. The highest BCUT2D eigenvalue weighted by atomic mass is 19.1. The normalized spacial score (nSPS) is 13.5. The van der Waals surface area contributed by atoms with Gasteiger partial charge in [0.1, 0.15) is 36.9 Å². The molecule has 0 bridgehead atoms. The van der Waals surface area contributed by atoms with Crippen molar-refractivity contribution in [3.8, 4) is 11.1 Å². The third-order valence-corrected chi connectivity index (χ3v) is 10.0. The monoisotopic (exact) mass is 816 g/mol. The minimum Gasteiger partial charge on any atom is -0.480 e. The number of carboxylic acids is 1. The Labute approximate surface area is 343 Å². The Hall–Kier alpha value is -5.89. The highest BCUT2D eigenvalue weighted by molar-refractivity contribution is 5.91. The molecule has 3 aromatic carbocycles. The van der Waals surface area contributed by atoms with Gasteiger partial charge in [0.2, 0.25) is 17.7 Å². The molecule has 0 saturated carbocycles. The fraction of sp³-hybridized carbons (Fsp3) is 0.400. The van der Waals surface area contributed by atoms with Gasteiger partial charge in [-0.05, 0) is 60.1 Å². The van der Waals surface area contributed by atoms with Crippen molar-refractivity contribution in [3.05, 3.63) is 120 Å². The summed E-state index contributed by atoms with van der Waals surface area (Å²) in [6.45, 7) is 9.60. The van der Waals surface area contributed by atoms with E-state index in [1.54, 1.807) is 38.2 Å². The molecular formula is C45H54F2N4O8. The number of amides is 3. The average Bonchev–Trinajstić information content (AvgIpc) is 3.59. The zero-order valence-electron chi connectivity index (χ0n) is 34.3. The zero-order chi connectivity index (χ0) is 43.4. The number of carbonyl (C=O) groups excluding carboxylic acids is 4. The van der Waals surface area contributed by atoms with E-state index in [-0.39, 0.29) is 44.0 Å². The predicted octanol–water partition coefficient (Wildman–Crippen LogP) is 6.26. The van der Waals surface area contributed by atoms with E-state index in [1.807, 2.05) is 73.9 Å². The van der Waals surface area contributed by atoms with Gasteiger partial charge in [-0.2, -0.15) is 0 Å². The van der Waals surface area contributed by atoms with Gasteiger partial charge in [-0.3, -0.25) is 19.2 Å². The number of carbonyl (C=O) groups is 5. The van der Waals surface area contributed by atoms with E-state index in [1.165, 1.54) is 11.8 Å². The van der Waals surface area contributed by atoms with Crippen LogP contribution in [0.25, 0.3) is 11.1 Å². The molecule has 4 rings (SSSR count). The third-order valence-electron chi connectivity index (χ3n) is 10.0. The molecule has 4 N–H and O–H groups in total. The van der Waals surface area contributed by atoms with E-state index < -0.39 is 77.4 Å². The van der Waals surface area contributed by atoms with Crippen LogP contribution in [-0.2, 0) is 41.9 Å². The van der Waals surface area contributed by atoms with Crippen LogP contribution in [0.2, 0.25) is 0 Å². The molecule has 4 atom stereocenters. The fourth-order valence-corrected chi connectivity index (χ4v) is 6.92. The van der Waals surface area contributed by atoms with E-state index in [0.717, 1.165) is 29.3 Å². The van der Waals surface area contributed by atoms with Crippen LogP contribution in [0.1, 0.15) is 77.2 Å². The molecular weight excluding hydrogens is 763 g/mol. The minimum atomic E-state index is -1.53. The van der Waals surface area contributed by atoms with Gasteiger partial charge in [-0.25, -0.2) is 13.6 Å². The summed E-state index contributed by atoms with van der Waals surface area (Å²) in [5.74, 6) is -6.56. The first-order chi connectivity index (χ1) is 27.9. The molecule has 59 heavy (non-hydrogen) atoms. The van der Waals surface area contributed by atoms with Gasteiger partial charge in [0.05, 0.1) is 18.4 Å². The second kappa shape index (κ2) is 20.7. The number of hydrogen-bond acceptors (Lipinski definition) is 7. The number of aliphatic hydroxyl groups excluding tert-OH is 1. The predicted molar refractivity (Wildman–Crippen MR) is 217 cm³/mol. The van der Waals surface area contributed by atoms with Gasteiger partial charge < -0.3 is 35.1 Å². The van der Waals surface area contributed by atoms with Crippen molar-refractivity contribution in [2.45, 2.75) is 85.7 Å². The Kier molecular flexibility index (Phi) is 16.1. The van der Waals surface area contributed by atoms with Crippen LogP contribution >= 0.6 is 0 Å². The fourth-order valence-electron chi connectivity index (χ4n) is 6.92. The van der Waals surface area contributed by atoms with Gasteiger partial charge in [-0.15, -0.1) is 0 Å². The first-order valence-corrected chi connectivity index (χ1v) is 19.5. The molecule has 316 valence electrons. The Morgan fingerprint density at radius 3 is 2.05 bits per heavy atom. The number of esters is 1. The van der Waals surface area contributed by atoms with Crippen LogP contribution in [0.4, 0.5) is 8.78 Å². The lowest BCUT2D eigenvalue weighted by Crippen LogP contribution is -2.53. The summed E-state index contributed by atoms with van der Waals surface area (Å²) in [5.41, 5.74) is 1.75. The summed E-state index contributed by atoms with van der Waals surface area (Å²) in [6, 6.07) is 19.6. The SMILES string of the molecule is CC(C)C(CC(=O)OCc1ccccc1)C(=O)N[C@@H](C)C(=O)N[C@@H](CCN(C(=O)CO)[C@@H](c1cc(-c2cc(F)ccc2F)cn1Cc1ccccc1)C(C)(C)C)C(=O)O. The van der Waals surface area contributed by atoms with E-state index in [2.05, 4.69) is 10.6 Å². The van der Waals surface area contributed by atoms with Gasteiger partial charge in [-0.1, -0.05) is 95.3 Å². The van der Waals surface area contributed by atoms with E-state index in [0.29, 0.717) is 11.3 Å². The first-order valence-electron chi connectivity index (χ1n) is 19.5. The molecule has 1 unspecified atom stereocenters. The molecule has 0 saturated heterocycles. The Morgan fingerprint density at radius 2 is 1.47 bits per heavy atom. The lowest BCUT2D eigenvalue weighted by molar-refractivity contribution is -0.149. The van der Waals surface area contributed by atoms with E-state index >= 15 is 4.39 Å². The van der Waals surface area contributed by atoms with E-state index in [9.17, 15) is 38.6 Å². The number of benzene rings is 3. The summed E-state index contributed by atoms with van der Waals surface area (Å²) in [4.78, 5) is 66.8. The Morgan fingerprint density at radius 1 is 0.847 bits per heavy atom. The lowest BCUT2D eigenvalue weighted by Gasteiger charge is -2.41. The van der Waals surface area contributed by atoms with Crippen molar-refractivity contribution in [2.75, 3.05) is 13.2 Å². The molecule has 12 nitrogen and oxygen atoms in total. The largest absolute Gasteiger partial charge is 0.480 e. The Bertz CT molecular complexity index is 2070. The zero-order valence-corrected chi connectivity index (χ0v) is 34.3. The summed E-state index contributed by atoms with van der Waals surface area (Å²) in [7, 11) is 0. The summed E-state index contributed by atoms with van der Waals surface area (Å²) >= 11 is 0. The highest BCUT2D eigenvalue weighted by Gasteiger charge is 2.38. The third kappa shape index (κ3) is 12.8. The van der Waals surface area contributed by atoms with Crippen molar-refractivity contribution in [1.29, 1.82) is 0 Å². The molecule has 0 radical (unpaired) electrons. The second-order valence-corrected chi connectivity index (χ2v) is 16.0. The molecule has 0 spiro atoms. The van der Waals surface area contributed by atoms with Crippen LogP contribution in [-0.4, -0.2) is 74.6 Å². The number of nitrogens with one attached hydrogen (secondary N) is 2. The molecule has 14 heteroatoms. The van der Waals surface area contributed by atoms with Crippen LogP contribution in [0.3, 0.4) is 0 Å². The molecule has 1 aromatic heterocycles. The molecule has 0 aliphatic carbocycles. The number of hydrogen-bond donors (Lipinski definition) is 4. The maximum absolute atomic E-state index is 15.1. The van der Waals surface area contributed by atoms with Crippen LogP contribution in [0.15, 0.2) is 91.1 Å². The summed E-state index contributed by atoms with van der Waals surface area (Å²) < 4.78 is 36.7. The van der Waals surface area contributed by atoms with Gasteiger partial charge in [0.15, 0.2) is 0 Å². The van der Waals surface area contributed by atoms with Crippen LogP contribution in [0, 0.1) is 28.9 Å². The second-order valence-electron chi connectivity index (χ2n) is 16.0. The summed E-state index contributed by atoms with van der Waals surface area (Å²) in [6.07, 6.45) is 1.13. The highest BCUT2D eigenvalue weighted by Crippen LogP contribution is 2.41. The molecule has 3 amide bonds. The molecule has 0 aliphatic rings. The van der Waals surface area contributed by atoms with Crippen LogP contribution in [0.5, 0.6) is 0 Å². The minimum absolute atomic E-state index is 0.00308. The van der Waals surface area contributed by atoms with Crippen molar-refractivity contribution >= 4 is 29.7 Å². The molecule has 1 heterocycles. The number of rotatable bonds is 19. The van der Waals surface area contributed by atoms with E-state index in [4.69, 9.17) is 4.74 Å². The first kappa shape index (κ1) is 45.8. The van der Waals surface area contributed by atoms with Crippen LogP contribution < -0.4 is 10.6 Å². The standard InChI is InChI=1S/C45H54F2N4O8/c1-28(2)34(23-40(54)59-27-31-15-11-8-12-16-31)43(56)48-29(3)42(55)49-37(44(57)58)19-20-51(39(53)26-52)41(45(4,5)6)38-21-32(35-22-33(46)17-18-36(35)47)25-50(38)24-30-13-9-7-10-14-30/h7-18,21-22,25,28-29,34,37,41,52H,19-20,23-24,26-27H2,1-6H3,(H,48,56)(H,49,55)(H,57,58)/t29-,34?,37-,41-/m0/s1. The van der Waals surface area contributed by atoms with Crippen molar-refractivity contribution in [3.63, 3.8) is 0 Å². The maximum Gasteiger partial charge on any atom is 0.326 e. The van der Waals surface area contributed by atoms with Crippen molar-refractivity contribution < 1.29 is 47.7 Å². The quantitative estimate of drug-likeness (QED) is 0.0806. The number of aliphatic carboxylic acids is 1. The van der Waals surface area contributed by atoms with Crippen molar-refractivity contribution in [1.82, 2.24) is 20.1 Å². The smallest absolute Gasteiger partial charge is 0.326 e. The number of aliphatic hydroxyl groups is 1. The van der Waals surface area contributed by atoms with Gasteiger partial charge >= 0.3 is 11.9 Å². The number of aromatic nitrogens is 1. The number of nitrogens with zero attached hydrogens (tertiary/aromatic N) is 2. The maximum atomic E-state index is 15.1. The topological polar surface area (TPSA) is 167 Å². The van der Waals surface area contributed by atoms with Crippen molar-refractivity contribution in [2.24, 2.45) is 17.3 Å². The molecule has 4 aromatic rings. The summed E-state index contributed by atoms with van der Waals surface area (Å²) in [5, 5.41) is 25.4. The number of ether oxygens (including phenoxy) is 1. The molecule has 0 aliphatic heterocycles. The molecule has 0 fully saturated rings.